The quantitative estimate of drug-likeness (QED) is 0.758. The average molecular weight is 276 g/mol. The van der Waals surface area contributed by atoms with Gasteiger partial charge in [0.1, 0.15) is 0 Å². The summed E-state index contributed by atoms with van der Waals surface area (Å²) in [6.07, 6.45) is 0.885. The van der Waals surface area contributed by atoms with Crippen molar-refractivity contribution in [3.8, 4) is 0 Å². The Kier molecular flexibility index (Phi) is 4.70. The van der Waals surface area contributed by atoms with Crippen LogP contribution in [0.5, 0.6) is 0 Å². The lowest BCUT2D eigenvalue weighted by Gasteiger charge is -2.09. The molecule has 1 aliphatic rings. The van der Waals surface area contributed by atoms with Crippen molar-refractivity contribution in [2.24, 2.45) is 5.16 Å². The zero-order valence-corrected chi connectivity index (χ0v) is 10.9. The van der Waals surface area contributed by atoms with Crippen LogP contribution in [0, 0.1) is 0 Å². The van der Waals surface area contributed by atoms with E-state index in [1.165, 1.54) is 5.56 Å². The van der Waals surface area contributed by atoms with Gasteiger partial charge in [-0.2, -0.15) is 0 Å². The maximum Gasteiger partial charge on any atom is 0.353 e. The number of aryl methyl sites for hydroxylation is 1. The van der Waals surface area contributed by atoms with Crippen molar-refractivity contribution in [1.29, 1.82) is 0 Å². The average Bonchev–Trinajstić information content (AvgIpc) is 2.94. The Bertz CT molecular complexity index is 513. The van der Waals surface area contributed by atoms with E-state index in [4.69, 9.17) is 9.94 Å². The molecule has 0 aromatic heterocycles. The maximum atomic E-state index is 11.7. The van der Waals surface area contributed by atoms with E-state index in [1.807, 2.05) is 30.3 Å². The molecule has 106 valence electrons. The van der Waals surface area contributed by atoms with Crippen LogP contribution in [0.25, 0.3) is 0 Å². The third-order valence-corrected chi connectivity index (χ3v) is 2.99. The van der Waals surface area contributed by atoms with Crippen molar-refractivity contribution >= 4 is 17.6 Å². The lowest BCUT2D eigenvalue weighted by molar-refractivity contribution is -0.131. The monoisotopic (exact) mass is 276 g/mol. The Balaban J connectivity index is 1.65. The number of carbonyl (C=O) groups is 2. The molecule has 0 saturated heterocycles. The van der Waals surface area contributed by atoms with Gasteiger partial charge in [-0.3, -0.25) is 4.79 Å². The molecule has 0 bridgehead atoms. The molecule has 1 aromatic rings. The molecular weight excluding hydrogens is 260 g/mol. The molecule has 0 fully saturated rings. The number of hydrogen-bond acceptors (Lipinski definition) is 4. The van der Waals surface area contributed by atoms with E-state index in [9.17, 15) is 9.59 Å². The van der Waals surface area contributed by atoms with Gasteiger partial charge < -0.3 is 15.3 Å². The minimum atomic E-state index is -1.15. The number of oxime groups is 1. The predicted molar refractivity (Wildman–Crippen MR) is 72.3 cm³/mol. The van der Waals surface area contributed by atoms with Gasteiger partial charge in [-0.1, -0.05) is 35.5 Å². The van der Waals surface area contributed by atoms with Crippen molar-refractivity contribution in [1.82, 2.24) is 5.32 Å². The first-order chi connectivity index (χ1) is 9.66. The largest absolute Gasteiger partial charge is 0.477 e. The molecule has 6 nitrogen and oxygen atoms in total. The molecule has 20 heavy (non-hydrogen) atoms. The Morgan fingerprint density at radius 1 is 1.35 bits per heavy atom. The molecule has 0 saturated carbocycles. The van der Waals surface area contributed by atoms with Gasteiger partial charge >= 0.3 is 5.97 Å². The summed E-state index contributed by atoms with van der Waals surface area (Å²) in [7, 11) is 0. The first kappa shape index (κ1) is 14.0. The summed E-state index contributed by atoms with van der Waals surface area (Å²) in [4.78, 5) is 27.2. The van der Waals surface area contributed by atoms with E-state index < -0.39 is 12.1 Å². The third kappa shape index (κ3) is 3.81. The number of benzene rings is 1. The zero-order chi connectivity index (χ0) is 14.4. The van der Waals surface area contributed by atoms with Crippen LogP contribution in [-0.2, 0) is 20.8 Å². The summed E-state index contributed by atoms with van der Waals surface area (Å²) >= 11 is 0. The summed E-state index contributed by atoms with van der Waals surface area (Å²) in [6.45, 7) is 0.524. The summed E-state index contributed by atoms with van der Waals surface area (Å²) in [6, 6.07) is 9.99. The van der Waals surface area contributed by atoms with Crippen LogP contribution < -0.4 is 5.32 Å². The second-order valence-electron chi connectivity index (χ2n) is 4.52. The van der Waals surface area contributed by atoms with Crippen LogP contribution in [-0.4, -0.2) is 35.3 Å². The Labute approximate surface area is 116 Å². The molecule has 0 spiro atoms. The molecule has 1 amide bonds. The van der Waals surface area contributed by atoms with Crippen molar-refractivity contribution in [2.75, 3.05) is 6.54 Å². The minimum absolute atomic E-state index is 0.0137. The number of carboxylic acids is 1. The first-order valence-electron chi connectivity index (χ1n) is 6.44. The number of aliphatic carboxylic acids is 1. The smallest absolute Gasteiger partial charge is 0.353 e. The van der Waals surface area contributed by atoms with E-state index in [0.29, 0.717) is 6.54 Å². The van der Waals surface area contributed by atoms with Crippen molar-refractivity contribution in [3.63, 3.8) is 0 Å². The number of hydrogen-bond donors (Lipinski definition) is 2. The summed E-state index contributed by atoms with van der Waals surface area (Å²) in [5.74, 6) is -1.47. The molecule has 1 unspecified atom stereocenters. The van der Waals surface area contributed by atoms with Gasteiger partial charge in [0.15, 0.2) is 5.71 Å². The molecule has 1 atom stereocenters. The zero-order valence-electron chi connectivity index (χ0n) is 10.9. The lowest BCUT2D eigenvalue weighted by atomic mass is 10.1. The molecule has 1 aliphatic heterocycles. The number of nitrogens with one attached hydrogen (secondary N) is 1. The lowest BCUT2D eigenvalue weighted by Crippen LogP contribution is -2.35. The molecule has 1 heterocycles. The fraction of sp³-hybridized carbons (Fsp3) is 0.357. The second kappa shape index (κ2) is 6.70. The van der Waals surface area contributed by atoms with Crippen LogP contribution in [0.15, 0.2) is 35.5 Å². The second-order valence-corrected chi connectivity index (χ2v) is 4.52. The molecule has 1 aromatic carbocycles. The van der Waals surface area contributed by atoms with Gasteiger partial charge in [-0.25, -0.2) is 4.79 Å². The Hall–Kier alpha value is -2.37. The fourth-order valence-electron chi connectivity index (χ4n) is 1.91. The number of rotatable bonds is 6. The van der Waals surface area contributed by atoms with Gasteiger partial charge in [0, 0.05) is 13.0 Å². The first-order valence-corrected chi connectivity index (χ1v) is 6.44. The third-order valence-electron chi connectivity index (χ3n) is 2.99. The van der Waals surface area contributed by atoms with E-state index >= 15 is 0 Å². The van der Waals surface area contributed by atoms with Gasteiger partial charge in [0.25, 0.3) is 5.91 Å². The van der Waals surface area contributed by atoms with E-state index in [1.54, 1.807) is 0 Å². The summed E-state index contributed by atoms with van der Waals surface area (Å²) in [5, 5.41) is 14.8. The summed E-state index contributed by atoms with van der Waals surface area (Å²) in [5.41, 5.74) is 1.10. The SMILES string of the molecule is O=C(O)C1=NOC(C(=O)NCCCc2ccccc2)C1. The molecule has 0 radical (unpaired) electrons. The maximum absolute atomic E-state index is 11.7. The van der Waals surface area contributed by atoms with Crippen LogP contribution in [0.1, 0.15) is 18.4 Å². The molecular formula is C14H16N2O4. The van der Waals surface area contributed by atoms with E-state index in [-0.39, 0.29) is 18.0 Å². The molecule has 2 N–H and O–H groups in total. The predicted octanol–water partition coefficient (Wildman–Crippen LogP) is 0.965. The Morgan fingerprint density at radius 3 is 2.75 bits per heavy atom. The molecule has 0 aliphatic carbocycles. The number of carboxylic acid groups (broad SMARTS) is 1. The topological polar surface area (TPSA) is 88.0 Å². The standard InChI is InChI=1S/C14H16N2O4/c17-13(12-9-11(14(18)19)16-20-12)15-8-4-7-10-5-2-1-3-6-10/h1-3,5-6,12H,4,7-9H2,(H,15,17)(H,18,19). The minimum Gasteiger partial charge on any atom is -0.477 e. The van der Waals surface area contributed by atoms with Gasteiger partial charge in [0.2, 0.25) is 6.10 Å². The number of nitrogens with zero attached hydrogens (tertiary/aromatic N) is 1. The fourth-order valence-corrected chi connectivity index (χ4v) is 1.91. The number of amides is 1. The van der Waals surface area contributed by atoms with Crippen molar-refractivity contribution in [2.45, 2.75) is 25.4 Å². The van der Waals surface area contributed by atoms with Crippen LogP contribution in [0.3, 0.4) is 0 Å². The van der Waals surface area contributed by atoms with E-state index in [0.717, 1.165) is 12.8 Å². The Morgan fingerprint density at radius 2 is 2.10 bits per heavy atom. The molecule has 6 heteroatoms. The van der Waals surface area contributed by atoms with Crippen LogP contribution >= 0.6 is 0 Å². The van der Waals surface area contributed by atoms with Gasteiger partial charge in [0.05, 0.1) is 0 Å². The van der Waals surface area contributed by atoms with Crippen LogP contribution in [0.2, 0.25) is 0 Å². The normalized spacial score (nSPS) is 17.2. The summed E-state index contributed by atoms with van der Waals surface area (Å²) < 4.78 is 0. The number of carbonyl (C=O) groups excluding carboxylic acids is 1. The van der Waals surface area contributed by atoms with Gasteiger partial charge in [-0.05, 0) is 18.4 Å². The highest BCUT2D eigenvalue weighted by atomic mass is 16.6. The van der Waals surface area contributed by atoms with Crippen LogP contribution in [0.4, 0.5) is 0 Å². The van der Waals surface area contributed by atoms with E-state index in [2.05, 4.69) is 10.5 Å². The highest BCUT2D eigenvalue weighted by Gasteiger charge is 2.31. The van der Waals surface area contributed by atoms with Crippen molar-refractivity contribution in [3.05, 3.63) is 35.9 Å². The highest BCUT2D eigenvalue weighted by molar-refractivity contribution is 6.36. The molecule has 2 rings (SSSR count). The highest BCUT2D eigenvalue weighted by Crippen LogP contribution is 2.10. The van der Waals surface area contributed by atoms with Gasteiger partial charge in [-0.15, -0.1) is 0 Å². The van der Waals surface area contributed by atoms with Crippen molar-refractivity contribution < 1.29 is 19.5 Å².